The highest BCUT2D eigenvalue weighted by Crippen LogP contribution is 2.45. The number of anilines is 1. The second kappa shape index (κ2) is 9.67. The van der Waals surface area contributed by atoms with Crippen LogP contribution in [0.15, 0.2) is 35.2 Å². The predicted molar refractivity (Wildman–Crippen MR) is 134 cm³/mol. The van der Waals surface area contributed by atoms with Gasteiger partial charge in [-0.05, 0) is 62.4 Å². The number of aromatic nitrogens is 2. The molecule has 10 heteroatoms. The number of nitrogens with one attached hydrogen (secondary N) is 1. The average Bonchev–Trinajstić information content (AvgIpc) is 3.61. The Labute approximate surface area is 208 Å². The van der Waals surface area contributed by atoms with Crippen molar-refractivity contribution < 1.29 is 4.74 Å². The van der Waals surface area contributed by atoms with Gasteiger partial charge in [0.05, 0.1) is 48.5 Å². The Morgan fingerprint density at radius 1 is 1.35 bits per heavy atom. The van der Waals surface area contributed by atoms with Crippen molar-refractivity contribution in [3.63, 3.8) is 0 Å². The van der Waals surface area contributed by atoms with Crippen LogP contribution < -0.4 is 11.1 Å². The van der Waals surface area contributed by atoms with E-state index in [0.717, 1.165) is 73.5 Å². The number of nitrogens with two attached hydrogens (primary N) is 1. The minimum atomic E-state index is -0.378. The molecular weight excluding hydrogens is 473 g/mol. The predicted octanol–water partition coefficient (Wildman–Crippen LogP) is 4.01. The van der Waals surface area contributed by atoms with E-state index < -0.39 is 0 Å². The van der Waals surface area contributed by atoms with Gasteiger partial charge in [-0.25, -0.2) is 9.97 Å². The number of ether oxygens (including phenoxy) is 1. The number of benzene rings is 1. The minimum Gasteiger partial charge on any atom is -0.403 e. The lowest BCUT2D eigenvalue weighted by Crippen LogP contribution is -2.51. The molecule has 0 amide bonds. The van der Waals surface area contributed by atoms with E-state index in [9.17, 15) is 5.26 Å². The summed E-state index contributed by atoms with van der Waals surface area (Å²) in [6.45, 7) is 4.16. The summed E-state index contributed by atoms with van der Waals surface area (Å²) in [6, 6.07) is 6.89. The maximum absolute atomic E-state index is 9.23. The topological polar surface area (TPSA) is 112 Å². The zero-order valence-corrected chi connectivity index (χ0v) is 20.3. The highest BCUT2D eigenvalue weighted by Gasteiger charge is 2.43. The van der Waals surface area contributed by atoms with Crippen LogP contribution in [0.2, 0.25) is 5.02 Å². The van der Waals surface area contributed by atoms with Gasteiger partial charge in [-0.1, -0.05) is 23.2 Å². The number of rotatable bonds is 7. The fourth-order valence-electron chi connectivity index (χ4n) is 4.49. The second-order valence-corrected chi connectivity index (χ2v) is 10.1. The molecule has 3 aliphatic rings. The van der Waals surface area contributed by atoms with Crippen molar-refractivity contribution in [1.29, 1.82) is 5.26 Å². The van der Waals surface area contributed by atoms with Gasteiger partial charge in [0, 0.05) is 22.8 Å². The van der Waals surface area contributed by atoms with Crippen LogP contribution in [0, 0.1) is 16.7 Å². The number of nitriles is 1. The van der Waals surface area contributed by atoms with E-state index in [1.807, 2.05) is 6.07 Å². The molecule has 8 nitrogen and oxygen atoms in total. The van der Waals surface area contributed by atoms with Crippen LogP contribution in [-0.2, 0) is 4.74 Å². The van der Waals surface area contributed by atoms with Crippen molar-refractivity contribution in [2.45, 2.75) is 37.6 Å². The lowest BCUT2D eigenvalue weighted by Gasteiger charge is -2.41. The first-order chi connectivity index (χ1) is 16.5. The largest absolute Gasteiger partial charge is 0.403 e. The molecule has 3 N–H and O–H groups in total. The van der Waals surface area contributed by atoms with Gasteiger partial charge in [0.2, 0.25) is 5.95 Å². The molecule has 2 aliphatic heterocycles. The molecule has 1 aromatic heterocycles. The molecular formula is C24H27Cl2N7O. The highest BCUT2D eigenvalue weighted by molar-refractivity contribution is 6.69. The standard InChI is InChI=1S/C24H27Cl2N7O/c25-19-7-16-10-29-23(32-21(9-27)22(26)30-14-24(13-28)3-4-24)31-20(16)8-18(19)15-1-5-33(6-2-15)17-11-34-12-17/h7-10,15,17H,1-6,11-12,14,27H2,(H,29,31,32). The summed E-state index contributed by atoms with van der Waals surface area (Å²) < 4.78 is 5.34. The van der Waals surface area contributed by atoms with Gasteiger partial charge in [0.1, 0.15) is 5.17 Å². The summed E-state index contributed by atoms with van der Waals surface area (Å²) in [6.07, 6.45) is 6.88. The Morgan fingerprint density at radius 3 is 2.74 bits per heavy atom. The number of fused-ring (bicyclic) bond motifs is 1. The maximum atomic E-state index is 9.23. The van der Waals surface area contributed by atoms with E-state index >= 15 is 0 Å². The number of likely N-dealkylation sites (tertiary alicyclic amines) is 1. The Balaban J connectivity index is 1.31. The van der Waals surface area contributed by atoms with Crippen LogP contribution in [0.3, 0.4) is 0 Å². The fourth-order valence-corrected chi connectivity index (χ4v) is 4.99. The number of aliphatic imine (C=N–C) groups is 1. The van der Waals surface area contributed by atoms with Crippen LogP contribution in [0.25, 0.3) is 10.9 Å². The second-order valence-electron chi connectivity index (χ2n) is 9.33. The number of hydrogen-bond acceptors (Lipinski definition) is 8. The molecule has 1 aromatic carbocycles. The summed E-state index contributed by atoms with van der Waals surface area (Å²) in [5.74, 6) is 0.767. The Bertz CT molecular complexity index is 1180. The van der Waals surface area contributed by atoms with Crippen LogP contribution in [0.5, 0.6) is 0 Å². The Kier molecular flexibility index (Phi) is 6.63. The fraction of sp³-hybridized carbons (Fsp3) is 0.500. The smallest absolute Gasteiger partial charge is 0.227 e. The van der Waals surface area contributed by atoms with E-state index in [4.69, 9.17) is 33.7 Å². The molecule has 34 heavy (non-hydrogen) atoms. The highest BCUT2D eigenvalue weighted by atomic mass is 35.5. The molecule has 0 radical (unpaired) electrons. The zero-order valence-electron chi connectivity index (χ0n) is 18.8. The molecule has 1 aliphatic carbocycles. The van der Waals surface area contributed by atoms with Crippen LogP contribution in [-0.4, -0.2) is 58.9 Å². The summed E-state index contributed by atoms with van der Waals surface area (Å²) in [5, 5.41) is 14.1. The molecule has 2 aromatic rings. The lowest BCUT2D eigenvalue weighted by atomic mass is 9.88. The summed E-state index contributed by atoms with van der Waals surface area (Å²) in [4.78, 5) is 15.9. The molecule has 0 unspecified atom stereocenters. The molecule has 0 bridgehead atoms. The van der Waals surface area contributed by atoms with Crippen molar-refractivity contribution >= 4 is 45.2 Å². The molecule has 1 saturated carbocycles. The van der Waals surface area contributed by atoms with Crippen LogP contribution >= 0.6 is 23.2 Å². The average molecular weight is 500 g/mol. The van der Waals surface area contributed by atoms with Crippen molar-refractivity contribution in [3.05, 3.63) is 40.8 Å². The molecule has 0 atom stereocenters. The third-order valence-corrected chi connectivity index (χ3v) is 7.70. The molecule has 0 spiro atoms. The van der Waals surface area contributed by atoms with E-state index in [1.54, 1.807) is 6.20 Å². The van der Waals surface area contributed by atoms with Gasteiger partial charge in [-0.2, -0.15) is 5.26 Å². The van der Waals surface area contributed by atoms with Crippen molar-refractivity contribution in [2.75, 3.05) is 38.2 Å². The summed E-state index contributed by atoms with van der Waals surface area (Å²) in [7, 11) is 0. The first-order valence-corrected chi connectivity index (χ1v) is 12.3. The van der Waals surface area contributed by atoms with E-state index in [1.165, 1.54) is 6.20 Å². The lowest BCUT2D eigenvalue weighted by molar-refractivity contribution is -0.0712. The maximum Gasteiger partial charge on any atom is 0.227 e. The number of piperidine rings is 1. The van der Waals surface area contributed by atoms with Crippen LogP contribution in [0.1, 0.15) is 37.2 Å². The van der Waals surface area contributed by atoms with E-state index in [0.29, 0.717) is 30.1 Å². The van der Waals surface area contributed by atoms with Gasteiger partial charge in [0.15, 0.2) is 0 Å². The Hall–Kier alpha value is -2.44. The third kappa shape index (κ3) is 4.84. The summed E-state index contributed by atoms with van der Waals surface area (Å²) >= 11 is 13.0. The first-order valence-electron chi connectivity index (χ1n) is 11.6. The van der Waals surface area contributed by atoms with E-state index in [2.05, 4.69) is 37.3 Å². The number of allylic oxidation sites excluding steroid dienone is 1. The number of nitrogens with zero attached hydrogens (tertiary/aromatic N) is 5. The monoisotopic (exact) mass is 499 g/mol. The van der Waals surface area contributed by atoms with Gasteiger partial charge in [0.25, 0.3) is 0 Å². The number of hydrogen-bond donors (Lipinski definition) is 2. The van der Waals surface area contributed by atoms with Gasteiger partial charge in [-0.15, -0.1) is 0 Å². The first kappa shape index (κ1) is 23.3. The molecule has 2 saturated heterocycles. The van der Waals surface area contributed by atoms with Gasteiger partial charge in [-0.3, -0.25) is 9.89 Å². The molecule has 3 heterocycles. The molecule has 5 rings (SSSR count). The normalized spacial score (nSPS) is 21.8. The quantitative estimate of drug-likeness (QED) is 0.553. The van der Waals surface area contributed by atoms with E-state index in [-0.39, 0.29) is 10.6 Å². The zero-order chi connectivity index (χ0) is 23.7. The SMILES string of the molecule is N#CC1(CN=C(Cl)C(=CN)Nc2ncc3cc(Cl)c(C4CCN(C5COC5)CC4)cc3n2)CC1. The van der Waals surface area contributed by atoms with Crippen molar-refractivity contribution in [2.24, 2.45) is 16.1 Å². The molecule has 178 valence electrons. The number of halogens is 2. The van der Waals surface area contributed by atoms with Crippen molar-refractivity contribution in [1.82, 2.24) is 14.9 Å². The summed E-state index contributed by atoms with van der Waals surface area (Å²) in [5.41, 5.74) is 7.72. The Morgan fingerprint density at radius 2 is 2.12 bits per heavy atom. The van der Waals surface area contributed by atoms with Crippen molar-refractivity contribution in [3.8, 4) is 6.07 Å². The third-order valence-electron chi connectivity index (χ3n) is 7.05. The molecule has 3 fully saturated rings. The van der Waals surface area contributed by atoms with Gasteiger partial charge < -0.3 is 15.8 Å². The minimum absolute atomic E-state index is 0.202. The van der Waals surface area contributed by atoms with Crippen LogP contribution in [0.4, 0.5) is 5.95 Å². The van der Waals surface area contributed by atoms with Gasteiger partial charge >= 0.3 is 0 Å².